The second-order valence-electron chi connectivity index (χ2n) is 5.56. The maximum atomic E-state index is 12.0. The molecule has 0 aliphatic heterocycles. The van der Waals surface area contributed by atoms with Gasteiger partial charge in [0, 0.05) is 18.2 Å². The summed E-state index contributed by atoms with van der Waals surface area (Å²) < 4.78 is 2.05. The molecule has 0 bridgehead atoms. The van der Waals surface area contributed by atoms with Crippen LogP contribution in [0, 0.1) is 6.92 Å². The molecule has 2 unspecified atom stereocenters. The van der Waals surface area contributed by atoms with Crippen LogP contribution in [0.25, 0.3) is 10.9 Å². The fourth-order valence-electron chi connectivity index (χ4n) is 3.28. The number of aryl methyl sites for hydroxylation is 1. The maximum absolute atomic E-state index is 12.0. The van der Waals surface area contributed by atoms with Crippen molar-refractivity contribution in [3.05, 3.63) is 29.5 Å². The standard InChI is InChI=1S/C15H18IN2OP/c1-10-6-7-14-13(9-17-18(14)20-16)15(10)11-4-2-3-5-12(19)8-11/h6-7,9,11,20H,2-5,8H2,1H3. The molecule has 1 saturated carbocycles. The normalized spacial score (nSPS) is 20.9. The van der Waals surface area contributed by atoms with E-state index >= 15 is 0 Å². The SMILES string of the molecule is Cc1ccc2c(cnn2PI)c1C1CCCCC(=O)C1. The van der Waals surface area contributed by atoms with Crippen molar-refractivity contribution in [1.29, 1.82) is 0 Å². The van der Waals surface area contributed by atoms with Gasteiger partial charge in [0.1, 0.15) is 5.78 Å². The Labute approximate surface area is 133 Å². The molecule has 0 spiro atoms. The first-order chi connectivity index (χ1) is 9.70. The first-order valence-electron chi connectivity index (χ1n) is 7.06. The van der Waals surface area contributed by atoms with Gasteiger partial charge in [0.25, 0.3) is 0 Å². The largest absolute Gasteiger partial charge is 0.300 e. The zero-order chi connectivity index (χ0) is 14.1. The second kappa shape index (κ2) is 6.10. The number of fused-ring (bicyclic) bond motifs is 1. The molecule has 0 saturated heterocycles. The minimum Gasteiger partial charge on any atom is -0.300 e. The van der Waals surface area contributed by atoms with E-state index < -0.39 is 0 Å². The molecule has 0 amide bonds. The zero-order valence-electron chi connectivity index (χ0n) is 11.5. The van der Waals surface area contributed by atoms with Crippen LogP contribution in [0.4, 0.5) is 0 Å². The Kier molecular flexibility index (Phi) is 4.41. The molecule has 3 nitrogen and oxygen atoms in total. The van der Waals surface area contributed by atoms with Crippen LogP contribution in [0.3, 0.4) is 0 Å². The van der Waals surface area contributed by atoms with Gasteiger partial charge < -0.3 is 0 Å². The number of aromatic nitrogens is 2. The third-order valence-electron chi connectivity index (χ3n) is 4.23. The average molecular weight is 400 g/mol. The number of halogens is 1. The molecule has 1 aliphatic rings. The summed E-state index contributed by atoms with van der Waals surface area (Å²) in [5, 5.41) is 5.73. The van der Waals surface area contributed by atoms with E-state index in [0.29, 0.717) is 24.5 Å². The van der Waals surface area contributed by atoms with E-state index in [1.165, 1.54) is 22.0 Å². The number of nitrogens with zero attached hydrogens (tertiary/aromatic N) is 2. The molecular formula is C15H18IN2OP. The zero-order valence-corrected chi connectivity index (χ0v) is 14.7. The number of ketones is 1. The molecule has 0 N–H and O–H groups in total. The van der Waals surface area contributed by atoms with Crippen molar-refractivity contribution in [1.82, 2.24) is 9.55 Å². The third-order valence-corrected chi connectivity index (χ3v) is 6.12. The van der Waals surface area contributed by atoms with Crippen molar-refractivity contribution in [2.75, 3.05) is 0 Å². The summed E-state index contributed by atoms with van der Waals surface area (Å²) in [6.45, 7) is 2.16. The molecule has 1 aromatic carbocycles. The second-order valence-corrected chi connectivity index (χ2v) is 7.60. The van der Waals surface area contributed by atoms with Crippen molar-refractivity contribution in [3.63, 3.8) is 0 Å². The van der Waals surface area contributed by atoms with Crippen molar-refractivity contribution < 1.29 is 4.79 Å². The molecule has 1 aliphatic carbocycles. The highest BCUT2D eigenvalue weighted by Gasteiger charge is 2.23. The summed E-state index contributed by atoms with van der Waals surface area (Å²) in [4.78, 5) is 12.0. The Hall–Kier alpha value is -0.480. The molecule has 3 rings (SSSR count). The van der Waals surface area contributed by atoms with Gasteiger partial charge in [-0.15, -0.1) is 0 Å². The summed E-state index contributed by atoms with van der Waals surface area (Å²) in [6, 6.07) is 4.34. The fourth-order valence-corrected chi connectivity index (χ4v) is 4.82. The molecule has 0 radical (unpaired) electrons. The van der Waals surface area contributed by atoms with Gasteiger partial charge in [-0.1, -0.05) is 12.5 Å². The Morgan fingerprint density at radius 3 is 3.05 bits per heavy atom. The van der Waals surface area contributed by atoms with Gasteiger partial charge in [-0.25, -0.2) is 4.45 Å². The first-order valence-corrected chi connectivity index (χ1v) is 11.1. The van der Waals surface area contributed by atoms with Crippen LogP contribution >= 0.6 is 28.4 Å². The van der Waals surface area contributed by atoms with Crippen LogP contribution in [0.1, 0.15) is 49.1 Å². The summed E-state index contributed by atoms with van der Waals surface area (Å²) >= 11 is 2.36. The van der Waals surface area contributed by atoms with Crippen molar-refractivity contribution in [2.24, 2.45) is 0 Å². The van der Waals surface area contributed by atoms with Gasteiger partial charge in [0.05, 0.1) is 18.1 Å². The molecule has 2 atom stereocenters. The van der Waals surface area contributed by atoms with Gasteiger partial charge in [-0.2, -0.15) is 5.10 Å². The number of Topliss-reactive ketones (excluding diaryl/α,β-unsaturated/α-hetero) is 1. The number of carbonyl (C=O) groups is 1. The van der Waals surface area contributed by atoms with Gasteiger partial charge in [0.2, 0.25) is 0 Å². The average Bonchev–Trinajstić information content (AvgIpc) is 2.73. The van der Waals surface area contributed by atoms with Crippen LogP contribution < -0.4 is 0 Å². The lowest BCUT2D eigenvalue weighted by Crippen LogP contribution is -2.06. The van der Waals surface area contributed by atoms with Crippen LogP contribution in [0.15, 0.2) is 18.3 Å². The van der Waals surface area contributed by atoms with Crippen molar-refractivity contribution in [3.8, 4) is 0 Å². The quantitative estimate of drug-likeness (QED) is 0.414. The fraction of sp³-hybridized carbons (Fsp3) is 0.467. The smallest absolute Gasteiger partial charge is 0.133 e. The molecular weight excluding hydrogens is 382 g/mol. The van der Waals surface area contributed by atoms with E-state index in [0.717, 1.165) is 25.7 Å². The van der Waals surface area contributed by atoms with Crippen LogP contribution in [0.5, 0.6) is 0 Å². The van der Waals surface area contributed by atoms with E-state index in [2.05, 4.69) is 50.6 Å². The van der Waals surface area contributed by atoms with E-state index in [9.17, 15) is 4.79 Å². The molecule has 20 heavy (non-hydrogen) atoms. The first kappa shape index (κ1) is 14.5. The monoisotopic (exact) mass is 400 g/mol. The summed E-state index contributed by atoms with van der Waals surface area (Å²) in [5.74, 6) is 0.802. The van der Waals surface area contributed by atoms with Gasteiger partial charge in [-0.05, 0) is 64.9 Å². The summed E-state index contributed by atoms with van der Waals surface area (Å²) in [7, 11) is 0. The number of hydrogen-bond donors (Lipinski definition) is 0. The van der Waals surface area contributed by atoms with Crippen LogP contribution in [-0.2, 0) is 4.79 Å². The van der Waals surface area contributed by atoms with Crippen LogP contribution in [-0.4, -0.2) is 15.3 Å². The minimum atomic E-state index is 0.379. The molecule has 1 aromatic heterocycles. The molecule has 1 fully saturated rings. The van der Waals surface area contributed by atoms with E-state index in [1.807, 2.05) is 6.20 Å². The Morgan fingerprint density at radius 1 is 1.40 bits per heavy atom. The van der Waals surface area contributed by atoms with Gasteiger partial charge in [-0.3, -0.25) is 4.79 Å². The lowest BCUT2D eigenvalue weighted by Gasteiger charge is -2.18. The highest BCUT2D eigenvalue weighted by molar-refractivity contribution is 14.2. The molecule has 1 heterocycles. The predicted molar refractivity (Wildman–Crippen MR) is 93.0 cm³/mol. The Balaban J connectivity index is 2.11. The summed E-state index contributed by atoms with van der Waals surface area (Å²) in [5.41, 5.74) is 3.86. The van der Waals surface area contributed by atoms with Crippen molar-refractivity contribution >= 4 is 45.1 Å². The van der Waals surface area contributed by atoms with Gasteiger partial charge in [0.15, 0.2) is 0 Å². The third kappa shape index (κ3) is 2.64. The number of hydrogen-bond acceptors (Lipinski definition) is 2. The highest BCUT2D eigenvalue weighted by atomic mass is 127. The van der Waals surface area contributed by atoms with Crippen molar-refractivity contribution in [2.45, 2.75) is 44.9 Å². The molecule has 2 aromatic rings. The maximum Gasteiger partial charge on any atom is 0.133 e. The molecule has 5 heteroatoms. The lowest BCUT2D eigenvalue weighted by molar-refractivity contribution is -0.119. The number of rotatable bonds is 2. The minimum absolute atomic E-state index is 0.379. The van der Waals surface area contributed by atoms with Gasteiger partial charge >= 0.3 is 0 Å². The van der Waals surface area contributed by atoms with E-state index in [1.54, 1.807) is 0 Å². The van der Waals surface area contributed by atoms with E-state index in [-0.39, 0.29) is 0 Å². The van der Waals surface area contributed by atoms with Crippen LogP contribution in [0.2, 0.25) is 0 Å². The predicted octanol–water partition coefficient (Wildman–Crippen LogP) is 4.75. The van der Waals surface area contributed by atoms with E-state index in [4.69, 9.17) is 0 Å². The number of benzene rings is 1. The number of carbonyl (C=O) groups excluding carboxylic acids is 1. The topological polar surface area (TPSA) is 34.9 Å². The lowest BCUT2D eigenvalue weighted by atomic mass is 9.86. The Bertz CT molecular complexity index is 653. The molecule has 106 valence electrons. The highest BCUT2D eigenvalue weighted by Crippen LogP contribution is 2.38. The summed E-state index contributed by atoms with van der Waals surface area (Å²) in [6.07, 6.45) is 7.41. The Morgan fingerprint density at radius 2 is 2.25 bits per heavy atom.